The Hall–Kier alpha value is -3.16. The maximum Gasteiger partial charge on any atom is 0.270 e. The van der Waals surface area contributed by atoms with Crippen molar-refractivity contribution >= 4 is 40.7 Å². The van der Waals surface area contributed by atoms with Crippen molar-refractivity contribution in [2.45, 2.75) is 13.0 Å². The second-order valence-corrected chi connectivity index (χ2v) is 7.52. The van der Waals surface area contributed by atoms with Crippen LogP contribution in [-0.2, 0) is 4.79 Å². The zero-order valence-corrected chi connectivity index (χ0v) is 17.3. The molecule has 2 N–H and O–H groups in total. The van der Waals surface area contributed by atoms with Crippen molar-refractivity contribution in [3.05, 3.63) is 70.1 Å². The van der Waals surface area contributed by atoms with Gasteiger partial charge in [-0.3, -0.25) is 9.59 Å². The number of carbonyl (C=O) groups excluding carboxylic acids is 2. The fraction of sp³-hybridized carbons (Fsp3) is 0.143. The summed E-state index contributed by atoms with van der Waals surface area (Å²) in [6.45, 7) is 1.83. The van der Waals surface area contributed by atoms with Crippen molar-refractivity contribution in [3.63, 3.8) is 0 Å². The van der Waals surface area contributed by atoms with Crippen molar-refractivity contribution in [1.82, 2.24) is 15.3 Å². The molecule has 4 rings (SSSR count). The van der Waals surface area contributed by atoms with E-state index in [2.05, 4.69) is 20.6 Å². The Morgan fingerprint density at radius 2 is 1.97 bits per heavy atom. The normalized spacial score (nSPS) is 13.6. The molecule has 0 fully saturated rings. The van der Waals surface area contributed by atoms with Crippen LogP contribution in [0.4, 0.5) is 5.69 Å². The summed E-state index contributed by atoms with van der Waals surface area (Å²) in [5.41, 5.74) is 2.88. The van der Waals surface area contributed by atoms with E-state index < -0.39 is 0 Å². The van der Waals surface area contributed by atoms with Gasteiger partial charge in [0.05, 0.1) is 27.5 Å². The lowest BCUT2D eigenvalue weighted by Gasteiger charge is -2.21. The molecule has 1 atom stereocenters. The molecule has 3 aromatic rings. The van der Waals surface area contributed by atoms with Gasteiger partial charge >= 0.3 is 0 Å². The number of anilines is 1. The van der Waals surface area contributed by atoms with Gasteiger partial charge in [-0.1, -0.05) is 35.3 Å². The third-order valence-corrected chi connectivity index (χ3v) is 5.34. The third-order valence-electron chi connectivity index (χ3n) is 4.60. The molecular formula is C21H16Cl2N4O3. The monoisotopic (exact) mass is 442 g/mol. The number of benzene rings is 2. The molecule has 30 heavy (non-hydrogen) atoms. The summed E-state index contributed by atoms with van der Waals surface area (Å²) >= 11 is 12.0. The highest BCUT2D eigenvalue weighted by Crippen LogP contribution is 2.31. The highest BCUT2D eigenvalue weighted by Gasteiger charge is 2.19. The Morgan fingerprint density at radius 1 is 1.13 bits per heavy atom. The molecule has 152 valence electrons. The summed E-state index contributed by atoms with van der Waals surface area (Å²) in [7, 11) is 0. The van der Waals surface area contributed by atoms with Gasteiger partial charge in [-0.15, -0.1) is 0 Å². The van der Waals surface area contributed by atoms with Crippen LogP contribution in [0.15, 0.2) is 48.8 Å². The molecule has 1 aromatic heterocycles. The number of hydrogen-bond donors (Lipinski definition) is 2. The zero-order valence-electron chi connectivity index (χ0n) is 15.8. The highest BCUT2D eigenvalue weighted by molar-refractivity contribution is 6.42. The third kappa shape index (κ3) is 4.22. The van der Waals surface area contributed by atoms with Crippen LogP contribution in [0.1, 0.15) is 29.0 Å². The van der Waals surface area contributed by atoms with Gasteiger partial charge in [0.1, 0.15) is 17.8 Å². The van der Waals surface area contributed by atoms with Crippen LogP contribution in [0.3, 0.4) is 0 Å². The lowest BCUT2D eigenvalue weighted by Crippen LogP contribution is -2.28. The van der Waals surface area contributed by atoms with E-state index in [1.54, 1.807) is 36.4 Å². The van der Waals surface area contributed by atoms with Crippen LogP contribution in [0.25, 0.3) is 11.3 Å². The van der Waals surface area contributed by atoms with Gasteiger partial charge in [-0.25, -0.2) is 9.97 Å². The minimum atomic E-state index is -0.357. The molecule has 9 heteroatoms. The Bertz CT molecular complexity index is 1150. The first-order chi connectivity index (χ1) is 14.4. The summed E-state index contributed by atoms with van der Waals surface area (Å²) in [6, 6.07) is 11.7. The van der Waals surface area contributed by atoms with Crippen molar-refractivity contribution < 1.29 is 14.3 Å². The minimum absolute atomic E-state index is 0.00644. The Labute approximate surface area is 182 Å². The van der Waals surface area contributed by atoms with E-state index in [-0.39, 0.29) is 30.2 Å². The second kappa shape index (κ2) is 8.30. The van der Waals surface area contributed by atoms with Gasteiger partial charge in [-0.05, 0) is 42.8 Å². The van der Waals surface area contributed by atoms with Crippen molar-refractivity contribution in [2.24, 2.45) is 0 Å². The molecule has 1 aliphatic rings. The first-order valence-corrected chi connectivity index (χ1v) is 9.81. The lowest BCUT2D eigenvalue weighted by atomic mass is 10.1. The standard InChI is InChI=1S/C21H16Cl2N4O3/c1-11(12-3-5-19-17(7-12)27-20(28)9-30-19)26-21(29)18-8-16(24-10-25-18)13-2-4-14(22)15(23)6-13/h2-8,10-11H,9H2,1H3,(H,26,29)(H,27,28). The molecule has 2 heterocycles. The number of fused-ring (bicyclic) bond motifs is 1. The smallest absolute Gasteiger partial charge is 0.270 e. The van der Waals surface area contributed by atoms with E-state index in [1.807, 2.05) is 13.0 Å². The number of nitrogens with one attached hydrogen (secondary N) is 2. The summed E-state index contributed by atoms with van der Waals surface area (Å²) < 4.78 is 5.36. The molecule has 2 aromatic carbocycles. The number of amides is 2. The van der Waals surface area contributed by atoms with Crippen LogP contribution in [0, 0.1) is 0 Å². The summed E-state index contributed by atoms with van der Waals surface area (Å²) in [5, 5.41) is 6.49. The molecule has 0 spiro atoms. The SMILES string of the molecule is CC(NC(=O)c1cc(-c2ccc(Cl)c(Cl)c2)ncn1)c1ccc2c(c1)NC(=O)CO2. The molecular weight excluding hydrogens is 427 g/mol. The Morgan fingerprint density at radius 3 is 2.77 bits per heavy atom. The zero-order chi connectivity index (χ0) is 21.3. The average Bonchev–Trinajstić information content (AvgIpc) is 2.75. The number of hydrogen-bond acceptors (Lipinski definition) is 5. The highest BCUT2D eigenvalue weighted by atomic mass is 35.5. The Balaban J connectivity index is 1.52. The van der Waals surface area contributed by atoms with Crippen LogP contribution in [0.2, 0.25) is 10.0 Å². The molecule has 0 saturated heterocycles. The minimum Gasteiger partial charge on any atom is -0.482 e. The van der Waals surface area contributed by atoms with Gasteiger partial charge in [0, 0.05) is 5.56 Å². The van der Waals surface area contributed by atoms with E-state index in [1.165, 1.54) is 6.33 Å². The number of rotatable bonds is 4. The summed E-state index contributed by atoms with van der Waals surface area (Å²) in [6.07, 6.45) is 1.32. The number of carbonyl (C=O) groups is 2. The predicted octanol–water partition coefficient (Wildman–Crippen LogP) is 4.27. The van der Waals surface area contributed by atoms with Gasteiger partial charge in [0.25, 0.3) is 11.8 Å². The average molecular weight is 443 g/mol. The fourth-order valence-corrected chi connectivity index (χ4v) is 3.32. The number of halogens is 2. The van der Waals surface area contributed by atoms with Gasteiger partial charge in [0.2, 0.25) is 0 Å². The van der Waals surface area contributed by atoms with Crippen molar-refractivity contribution in [3.8, 4) is 17.0 Å². The first-order valence-electron chi connectivity index (χ1n) is 9.05. The molecule has 0 aliphatic carbocycles. The van der Waals surface area contributed by atoms with Crippen LogP contribution in [0.5, 0.6) is 5.75 Å². The predicted molar refractivity (Wildman–Crippen MR) is 114 cm³/mol. The van der Waals surface area contributed by atoms with Gasteiger partial charge in [-0.2, -0.15) is 0 Å². The topological polar surface area (TPSA) is 93.2 Å². The second-order valence-electron chi connectivity index (χ2n) is 6.70. The molecule has 0 radical (unpaired) electrons. The van der Waals surface area contributed by atoms with Gasteiger partial charge in [0.15, 0.2) is 6.61 Å². The fourth-order valence-electron chi connectivity index (χ4n) is 3.02. The molecule has 7 nitrogen and oxygen atoms in total. The number of aromatic nitrogens is 2. The van der Waals surface area contributed by atoms with Gasteiger partial charge < -0.3 is 15.4 Å². The van der Waals surface area contributed by atoms with Crippen LogP contribution >= 0.6 is 23.2 Å². The Kier molecular flexibility index (Phi) is 5.57. The van der Waals surface area contributed by atoms with E-state index in [4.69, 9.17) is 27.9 Å². The molecule has 1 unspecified atom stereocenters. The quantitative estimate of drug-likeness (QED) is 0.628. The lowest BCUT2D eigenvalue weighted by molar-refractivity contribution is -0.118. The molecule has 0 bridgehead atoms. The van der Waals surface area contributed by atoms with Crippen LogP contribution < -0.4 is 15.4 Å². The first kappa shape index (κ1) is 20.1. The molecule has 0 saturated carbocycles. The molecule has 1 aliphatic heterocycles. The van der Waals surface area contributed by atoms with Crippen molar-refractivity contribution in [2.75, 3.05) is 11.9 Å². The van der Waals surface area contributed by atoms with E-state index in [0.717, 1.165) is 11.1 Å². The molecule has 2 amide bonds. The largest absolute Gasteiger partial charge is 0.482 e. The van der Waals surface area contributed by atoms with Crippen LogP contribution in [-0.4, -0.2) is 28.4 Å². The summed E-state index contributed by atoms with van der Waals surface area (Å²) in [4.78, 5) is 32.5. The number of ether oxygens (including phenoxy) is 1. The maximum atomic E-state index is 12.7. The van der Waals surface area contributed by atoms with E-state index in [0.29, 0.717) is 27.2 Å². The van der Waals surface area contributed by atoms with E-state index in [9.17, 15) is 9.59 Å². The van der Waals surface area contributed by atoms with E-state index >= 15 is 0 Å². The maximum absolute atomic E-state index is 12.7. The summed E-state index contributed by atoms with van der Waals surface area (Å²) in [5.74, 6) is 0.0234. The van der Waals surface area contributed by atoms with Crippen molar-refractivity contribution in [1.29, 1.82) is 0 Å². The number of nitrogens with zero attached hydrogens (tertiary/aromatic N) is 2.